The Morgan fingerprint density at radius 2 is 1.52 bits per heavy atom. The molecule has 0 rings (SSSR count). The first-order chi connectivity index (χ1) is 11.2. The summed E-state index contributed by atoms with van der Waals surface area (Å²) in [5, 5.41) is 2.66. The molecule has 0 fully saturated rings. The zero-order valence-corrected chi connectivity index (χ0v) is 17.1. The molecule has 0 heterocycles. The number of amides is 1. The van der Waals surface area contributed by atoms with Crippen LogP contribution in [0, 0.1) is 0 Å². The van der Waals surface area contributed by atoms with Crippen LogP contribution in [0.3, 0.4) is 0 Å². The van der Waals surface area contributed by atoms with Crippen LogP contribution in [-0.4, -0.2) is 71.2 Å². The maximum absolute atomic E-state index is 11.8. The predicted molar refractivity (Wildman–Crippen MR) is 110 cm³/mol. The first kappa shape index (κ1) is 27.9. The quantitative estimate of drug-likeness (QED) is 0.248. The van der Waals surface area contributed by atoms with Crippen molar-refractivity contribution in [2.45, 2.75) is 84.1 Å². The summed E-state index contributed by atoms with van der Waals surface area (Å²) in [6.07, 6.45) is 10.8. The van der Waals surface area contributed by atoms with Gasteiger partial charge in [0.25, 0.3) is 10.1 Å². The van der Waals surface area contributed by atoms with Gasteiger partial charge in [0.1, 0.15) is 0 Å². The molecule has 0 aliphatic rings. The van der Waals surface area contributed by atoms with Crippen LogP contribution in [0.2, 0.25) is 0 Å². The van der Waals surface area contributed by atoms with Crippen LogP contribution < -0.4 is 5.32 Å². The van der Waals surface area contributed by atoms with Gasteiger partial charge >= 0.3 is 29.6 Å². The number of hydrogen-bond acceptors (Lipinski definition) is 4. The van der Waals surface area contributed by atoms with Crippen molar-refractivity contribution in [3.63, 3.8) is 0 Å². The zero-order valence-electron chi connectivity index (χ0n) is 15.5. The van der Waals surface area contributed by atoms with Gasteiger partial charge < -0.3 is 5.32 Å². The SMILES string of the molecule is CCCCCCCCCCSCCC(=O)NC(C)(C)CS(=O)(=O)O.[NaH]. The Balaban J connectivity index is 0. The second kappa shape index (κ2) is 15.8. The third-order valence-corrected chi connectivity index (χ3v) is 5.79. The summed E-state index contributed by atoms with van der Waals surface area (Å²) < 4.78 is 30.6. The average Bonchev–Trinajstić information content (AvgIpc) is 2.41. The predicted octanol–water partition coefficient (Wildman–Crippen LogP) is 3.38. The second-order valence-electron chi connectivity index (χ2n) is 7.00. The van der Waals surface area contributed by atoms with Gasteiger partial charge in [0.05, 0.1) is 11.3 Å². The first-order valence-electron chi connectivity index (χ1n) is 9.00. The molecule has 0 saturated carbocycles. The topological polar surface area (TPSA) is 83.5 Å². The standard InChI is InChI=1S/C17H35NO4S2.Na.H/c1-4-5-6-7-8-9-10-11-13-23-14-12-16(19)18-17(2,3)15-24(20,21)22;;/h4-15H2,1-3H3,(H,18,19)(H,20,21,22);;. The molecule has 0 aromatic rings. The van der Waals surface area contributed by atoms with E-state index in [1.807, 2.05) is 0 Å². The molecule has 8 heteroatoms. The van der Waals surface area contributed by atoms with Gasteiger partial charge in [0, 0.05) is 12.2 Å². The molecule has 0 spiro atoms. The van der Waals surface area contributed by atoms with Gasteiger partial charge in [-0.1, -0.05) is 51.9 Å². The molecule has 1 amide bonds. The van der Waals surface area contributed by atoms with Crippen molar-refractivity contribution in [1.82, 2.24) is 5.32 Å². The Morgan fingerprint density at radius 3 is 2.04 bits per heavy atom. The van der Waals surface area contributed by atoms with Crippen molar-refractivity contribution in [3.8, 4) is 0 Å². The summed E-state index contributed by atoms with van der Waals surface area (Å²) in [7, 11) is -4.09. The van der Waals surface area contributed by atoms with Gasteiger partial charge in [0.2, 0.25) is 5.91 Å². The fourth-order valence-corrected chi connectivity index (χ4v) is 4.46. The number of rotatable bonds is 15. The Morgan fingerprint density at radius 1 is 1.00 bits per heavy atom. The number of carbonyl (C=O) groups excluding carboxylic acids is 1. The van der Waals surface area contributed by atoms with Crippen molar-refractivity contribution in [2.24, 2.45) is 0 Å². The van der Waals surface area contributed by atoms with E-state index in [4.69, 9.17) is 4.55 Å². The van der Waals surface area contributed by atoms with E-state index in [2.05, 4.69) is 12.2 Å². The molecule has 0 atom stereocenters. The second-order valence-corrected chi connectivity index (χ2v) is 9.67. The molecular formula is C17H36NNaO4S2. The van der Waals surface area contributed by atoms with E-state index in [0.717, 1.165) is 11.5 Å². The van der Waals surface area contributed by atoms with E-state index in [1.165, 1.54) is 51.4 Å². The molecule has 146 valence electrons. The molecule has 0 unspecified atom stereocenters. The first-order valence-corrected chi connectivity index (χ1v) is 11.8. The van der Waals surface area contributed by atoms with Crippen molar-refractivity contribution in [1.29, 1.82) is 0 Å². The van der Waals surface area contributed by atoms with E-state index in [0.29, 0.717) is 6.42 Å². The number of thioether (sulfide) groups is 1. The van der Waals surface area contributed by atoms with Crippen LogP contribution in [0.1, 0.15) is 78.6 Å². The van der Waals surface area contributed by atoms with E-state index in [1.54, 1.807) is 25.6 Å². The van der Waals surface area contributed by atoms with Gasteiger partial charge in [-0.15, -0.1) is 0 Å². The van der Waals surface area contributed by atoms with E-state index in [9.17, 15) is 13.2 Å². The van der Waals surface area contributed by atoms with Crippen molar-refractivity contribution in [3.05, 3.63) is 0 Å². The van der Waals surface area contributed by atoms with Gasteiger partial charge in [-0.05, 0) is 26.0 Å². The Hall–Kier alpha value is 0.730. The summed E-state index contributed by atoms with van der Waals surface area (Å²) in [6, 6.07) is 0. The maximum atomic E-state index is 11.8. The molecule has 0 aromatic heterocycles. The summed E-state index contributed by atoms with van der Waals surface area (Å²) in [5.74, 6) is 1.16. The molecule has 0 radical (unpaired) electrons. The zero-order chi connectivity index (χ0) is 18.5. The molecule has 0 bridgehead atoms. The number of nitrogens with one attached hydrogen (secondary N) is 1. The molecule has 5 nitrogen and oxygen atoms in total. The summed E-state index contributed by atoms with van der Waals surface area (Å²) in [5.41, 5.74) is -0.951. The minimum absolute atomic E-state index is 0. The number of hydrogen-bond donors (Lipinski definition) is 2. The molecule has 0 aliphatic carbocycles. The number of carbonyl (C=O) groups is 1. The Labute approximate surface area is 180 Å². The monoisotopic (exact) mass is 405 g/mol. The van der Waals surface area contributed by atoms with E-state index in [-0.39, 0.29) is 35.5 Å². The van der Waals surface area contributed by atoms with E-state index < -0.39 is 21.4 Å². The van der Waals surface area contributed by atoms with Crippen molar-refractivity contribution in [2.75, 3.05) is 17.3 Å². The fraction of sp³-hybridized carbons (Fsp3) is 0.941. The van der Waals surface area contributed by atoms with Crippen LogP contribution in [-0.2, 0) is 14.9 Å². The van der Waals surface area contributed by atoms with Crippen LogP contribution in [0.15, 0.2) is 0 Å². The van der Waals surface area contributed by atoms with Crippen molar-refractivity contribution < 1.29 is 17.8 Å². The van der Waals surface area contributed by atoms with Crippen LogP contribution in [0.5, 0.6) is 0 Å². The van der Waals surface area contributed by atoms with Crippen LogP contribution >= 0.6 is 11.8 Å². The molecular weight excluding hydrogens is 369 g/mol. The molecule has 0 aromatic carbocycles. The van der Waals surface area contributed by atoms with E-state index >= 15 is 0 Å². The Kier molecular flexibility index (Phi) is 17.6. The third-order valence-electron chi connectivity index (χ3n) is 3.64. The third kappa shape index (κ3) is 20.9. The fourth-order valence-electron chi connectivity index (χ4n) is 2.54. The van der Waals surface area contributed by atoms with Gasteiger partial charge in [-0.2, -0.15) is 20.2 Å². The van der Waals surface area contributed by atoms with Crippen molar-refractivity contribution >= 4 is 57.3 Å². The van der Waals surface area contributed by atoms with Crippen LogP contribution in [0.25, 0.3) is 0 Å². The average molecular weight is 406 g/mol. The molecule has 0 saturated heterocycles. The normalized spacial score (nSPS) is 11.8. The summed E-state index contributed by atoms with van der Waals surface area (Å²) in [4.78, 5) is 11.8. The molecule has 0 aliphatic heterocycles. The van der Waals surface area contributed by atoms with Crippen LogP contribution in [0.4, 0.5) is 0 Å². The molecule has 25 heavy (non-hydrogen) atoms. The summed E-state index contributed by atoms with van der Waals surface area (Å²) >= 11 is 1.76. The van der Waals surface area contributed by atoms with Gasteiger partial charge in [-0.3, -0.25) is 9.35 Å². The molecule has 2 N–H and O–H groups in total. The van der Waals surface area contributed by atoms with Gasteiger partial charge in [-0.25, -0.2) is 0 Å². The minimum atomic E-state index is -4.09. The summed E-state index contributed by atoms with van der Waals surface area (Å²) in [6.45, 7) is 5.41. The van der Waals surface area contributed by atoms with Gasteiger partial charge in [0.15, 0.2) is 0 Å². The Bertz CT molecular complexity index is 442. The number of unbranched alkanes of at least 4 members (excludes halogenated alkanes) is 7.